The van der Waals surface area contributed by atoms with Crippen LogP contribution in [0.1, 0.15) is 19.8 Å². The Morgan fingerprint density at radius 3 is 2.67 bits per heavy atom. The highest BCUT2D eigenvalue weighted by atomic mass is 16.2. The van der Waals surface area contributed by atoms with Crippen LogP contribution in [-0.4, -0.2) is 25.0 Å². The van der Waals surface area contributed by atoms with Crippen LogP contribution in [0, 0.1) is 0 Å². The van der Waals surface area contributed by atoms with Crippen LogP contribution in [-0.2, 0) is 4.79 Å². The molecule has 1 aliphatic carbocycles. The van der Waals surface area contributed by atoms with Gasteiger partial charge in [0.2, 0.25) is 5.91 Å². The first-order chi connectivity index (χ1) is 5.68. The summed E-state index contributed by atoms with van der Waals surface area (Å²) in [5.41, 5.74) is 1.05. The Kier molecular flexibility index (Phi) is 3.29. The molecule has 2 N–H and O–H groups in total. The van der Waals surface area contributed by atoms with Crippen molar-refractivity contribution in [3.05, 3.63) is 12.2 Å². The first-order valence-corrected chi connectivity index (χ1v) is 4.33. The maximum absolute atomic E-state index is 11.1. The van der Waals surface area contributed by atoms with Crippen LogP contribution >= 0.6 is 0 Å². The summed E-state index contributed by atoms with van der Waals surface area (Å²) in [5, 5.41) is 5.90. The molecule has 0 aromatic heterocycles. The van der Waals surface area contributed by atoms with Gasteiger partial charge < -0.3 is 10.6 Å². The second kappa shape index (κ2) is 4.26. The molecule has 1 fully saturated rings. The molecule has 0 aromatic carbocycles. The summed E-state index contributed by atoms with van der Waals surface area (Å²) in [6, 6.07) is 0.462. The van der Waals surface area contributed by atoms with Crippen LogP contribution in [0.25, 0.3) is 0 Å². The van der Waals surface area contributed by atoms with Gasteiger partial charge in [-0.25, -0.2) is 0 Å². The fourth-order valence-electron chi connectivity index (χ4n) is 0.896. The molecule has 1 aliphatic rings. The van der Waals surface area contributed by atoms with Crippen LogP contribution in [0.5, 0.6) is 0 Å². The highest BCUT2D eigenvalue weighted by Crippen LogP contribution is 2.17. The van der Waals surface area contributed by atoms with Crippen molar-refractivity contribution in [2.45, 2.75) is 25.8 Å². The van der Waals surface area contributed by atoms with Crippen LogP contribution < -0.4 is 10.6 Å². The summed E-state index contributed by atoms with van der Waals surface area (Å²) in [5.74, 6) is 0.0961. The largest absolute Gasteiger partial charge is 0.352 e. The van der Waals surface area contributed by atoms with E-state index in [2.05, 4.69) is 17.2 Å². The van der Waals surface area contributed by atoms with Crippen LogP contribution in [0.15, 0.2) is 12.2 Å². The van der Waals surface area contributed by atoms with Gasteiger partial charge in [-0.3, -0.25) is 4.79 Å². The standard InChI is InChI=1S/C9H16N2O/c1-7(2)5-10-6-9(12)11-8-3-4-8/h8,10H,1,3-6H2,2H3,(H,11,12). The summed E-state index contributed by atoms with van der Waals surface area (Å²) in [7, 11) is 0. The molecular formula is C9H16N2O. The molecule has 0 spiro atoms. The first-order valence-electron chi connectivity index (χ1n) is 4.33. The molecule has 0 atom stereocenters. The molecule has 0 aromatic rings. The van der Waals surface area contributed by atoms with E-state index in [0.29, 0.717) is 12.6 Å². The monoisotopic (exact) mass is 168 g/mol. The van der Waals surface area contributed by atoms with Gasteiger partial charge in [0, 0.05) is 12.6 Å². The van der Waals surface area contributed by atoms with Crippen molar-refractivity contribution < 1.29 is 4.79 Å². The molecule has 1 rings (SSSR count). The molecule has 3 nitrogen and oxygen atoms in total. The molecular weight excluding hydrogens is 152 g/mol. The van der Waals surface area contributed by atoms with Crippen LogP contribution in [0.2, 0.25) is 0 Å². The molecule has 0 radical (unpaired) electrons. The van der Waals surface area contributed by atoms with Gasteiger partial charge in [-0.2, -0.15) is 0 Å². The highest BCUT2D eigenvalue weighted by molar-refractivity contribution is 5.78. The van der Waals surface area contributed by atoms with Gasteiger partial charge in [-0.05, 0) is 19.8 Å². The number of nitrogens with one attached hydrogen (secondary N) is 2. The third-order valence-electron chi connectivity index (χ3n) is 1.65. The van der Waals surface area contributed by atoms with Gasteiger partial charge in [0.25, 0.3) is 0 Å². The molecule has 0 heterocycles. The van der Waals surface area contributed by atoms with E-state index in [1.165, 1.54) is 0 Å². The fourth-order valence-corrected chi connectivity index (χ4v) is 0.896. The van der Waals surface area contributed by atoms with Crippen LogP contribution in [0.3, 0.4) is 0 Å². The number of amides is 1. The zero-order chi connectivity index (χ0) is 8.97. The van der Waals surface area contributed by atoms with Gasteiger partial charge in [-0.1, -0.05) is 12.2 Å². The Hall–Kier alpha value is -0.830. The van der Waals surface area contributed by atoms with E-state index >= 15 is 0 Å². The summed E-state index contributed by atoms with van der Waals surface area (Å²) < 4.78 is 0. The third-order valence-corrected chi connectivity index (χ3v) is 1.65. The van der Waals surface area contributed by atoms with E-state index in [0.717, 1.165) is 25.0 Å². The second-order valence-electron chi connectivity index (χ2n) is 3.40. The second-order valence-corrected chi connectivity index (χ2v) is 3.40. The van der Waals surface area contributed by atoms with E-state index < -0.39 is 0 Å². The minimum absolute atomic E-state index is 0.0961. The summed E-state index contributed by atoms with van der Waals surface area (Å²) in [4.78, 5) is 11.1. The zero-order valence-electron chi connectivity index (χ0n) is 7.52. The van der Waals surface area contributed by atoms with E-state index in [4.69, 9.17) is 0 Å². The van der Waals surface area contributed by atoms with Gasteiger partial charge >= 0.3 is 0 Å². The normalized spacial score (nSPS) is 15.8. The number of rotatable bonds is 5. The minimum Gasteiger partial charge on any atom is -0.352 e. The van der Waals surface area contributed by atoms with Crippen molar-refractivity contribution >= 4 is 5.91 Å². The van der Waals surface area contributed by atoms with Crippen molar-refractivity contribution in [1.29, 1.82) is 0 Å². The lowest BCUT2D eigenvalue weighted by Crippen LogP contribution is -2.35. The molecule has 1 amide bonds. The summed E-state index contributed by atoms with van der Waals surface area (Å²) in [6.45, 7) is 6.79. The topological polar surface area (TPSA) is 41.1 Å². The lowest BCUT2D eigenvalue weighted by molar-refractivity contribution is -0.120. The van der Waals surface area contributed by atoms with Crippen molar-refractivity contribution in [3.8, 4) is 0 Å². The van der Waals surface area contributed by atoms with E-state index in [9.17, 15) is 4.79 Å². The molecule has 0 unspecified atom stereocenters. The molecule has 1 saturated carbocycles. The minimum atomic E-state index is 0.0961. The van der Waals surface area contributed by atoms with Gasteiger partial charge in [0.15, 0.2) is 0 Å². The van der Waals surface area contributed by atoms with Gasteiger partial charge in [0.1, 0.15) is 0 Å². The maximum Gasteiger partial charge on any atom is 0.234 e. The molecule has 0 bridgehead atoms. The summed E-state index contributed by atoms with van der Waals surface area (Å²) >= 11 is 0. The average molecular weight is 168 g/mol. The first kappa shape index (κ1) is 9.26. The highest BCUT2D eigenvalue weighted by Gasteiger charge is 2.22. The fraction of sp³-hybridized carbons (Fsp3) is 0.667. The molecule has 12 heavy (non-hydrogen) atoms. The number of carbonyl (C=O) groups excluding carboxylic acids is 1. The Labute approximate surface area is 73.2 Å². The van der Waals surface area contributed by atoms with Crippen molar-refractivity contribution in [1.82, 2.24) is 10.6 Å². The predicted octanol–water partition coefficient (Wildman–Crippen LogP) is 0.431. The Morgan fingerprint density at radius 2 is 2.17 bits per heavy atom. The van der Waals surface area contributed by atoms with Crippen molar-refractivity contribution in [3.63, 3.8) is 0 Å². The van der Waals surface area contributed by atoms with Gasteiger partial charge in [0.05, 0.1) is 6.54 Å². The van der Waals surface area contributed by atoms with E-state index in [-0.39, 0.29) is 5.91 Å². The van der Waals surface area contributed by atoms with Crippen molar-refractivity contribution in [2.75, 3.05) is 13.1 Å². The molecule has 3 heteroatoms. The van der Waals surface area contributed by atoms with Gasteiger partial charge in [-0.15, -0.1) is 0 Å². The lowest BCUT2D eigenvalue weighted by atomic mass is 10.3. The smallest absolute Gasteiger partial charge is 0.234 e. The van der Waals surface area contributed by atoms with Crippen molar-refractivity contribution in [2.24, 2.45) is 0 Å². The van der Waals surface area contributed by atoms with E-state index in [1.54, 1.807) is 0 Å². The zero-order valence-corrected chi connectivity index (χ0v) is 7.52. The Bertz CT molecular complexity index is 185. The third kappa shape index (κ3) is 4.13. The Morgan fingerprint density at radius 1 is 1.50 bits per heavy atom. The molecule has 68 valence electrons. The number of hydrogen-bond acceptors (Lipinski definition) is 2. The maximum atomic E-state index is 11.1. The van der Waals surface area contributed by atoms with Crippen LogP contribution in [0.4, 0.5) is 0 Å². The predicted molar refractivity (Wildman–Crippen MR) is 48.8 cm³/mol. The lowest BCUT2D eigenvalue weighted by Gasteiger charge is -2.04. The number of hydrogen-bond donors (Lipinski definition) is 2. The molecule has 0 aliphatic heterocycles. The quantitative estimate of drug-likeness (QED) is 0.584. The summed E-state index contributed by atoms with van der Waals surface area (Å²) in [6.07, 6.45) is 2.29. The Balaban J connectivity index is 1.97. The average Bonchev–Trinajstić information content (AvgIpc) is 2.70. The SMILES string of the molecule is C=C(C)CNCC(=O)NC1CC1. The molecule has 0 saturated heterocycles. The number of carbonyl (C=O) groups is 1. The van der Waals surface area contributed by atoms with E-state index in [1.807, 2.05) is 6.92 Å².